The maximum absolute atomic E-state index is 13.6. The number of sulfonamides is 1. The maximum atomic E-state index is 13.6. The van der Waals surface area contributed by atoms with Crippen LogP contribution in [-0.4, -0.2) is 30.8 Å². The molecule has 1 amide bonds. The number of anilines is 2. The monoisotopic (exact) mass is 484 g/mol. The van der Waals surface area contributed by atoms with E-state index in [2.05, 4.69) is 15.3 Å². The van der Waals surface area contributed by atoms with Gasteiger partial charge in [0.15, 0.2) is 10.7 Å². The largest absolute Gasteiger partial charge is 0.417 e. The van der Waals surface area contributed by atoms with Crippen LogP contribution in [-0.2, 0) is 21.2 Å². The van der Waals surface area contributed by atoms with Crippen molar-refractivity contribution in [1.29, 1.82) is 0 Å². The Morgan fingerprint density at radius 1 is 1.27 bits per heavy atom. The zero-order chi connectivity index (χ0) is 23.3. The number of oxazole rings is 1. The molecule has 0 unspecified atom stereocenters. The van der Waals surface area contributed by atoms with E-state index in [-0.39, 0.29) is 16.4 Å². The van der Waals surface area contributed by atoms with Gasteiger partial charge in [0.1, 0.15) is 4.90 Å². The van der Waals surface area contributed by atoms with E-state index in [0.717, 1.165) is 28.1 Å². The predicted molar refractivity (Wildman–Crippen MR) is 126 cm³/mol. The summed E-state index contributed by atoms with van der Waals surface area (Å²) in [4.78, 5) is 30.8. The molecule has 0 spiro atoms. The Balaban J connectivity index is 1.56. The minimum atomic E-state index is -3.96. The summed E-state index contributed by atoms with van der Waals surface area (Å²) in [5.74, 6) is -0.884. The molecule has 0 aliphatic carbocycles. The number of carbonyl (C=O) groups is 1. The maximum Gasteiger partial charge on any atom is 0.417 e. The van der Waals surface area contributed by atoms with E-state index in [1.54, 1.807) is 18.2 Å². The van der Waals surface area contributed by atoms with E-state index in [4.69, 9.17) is 4.42 Å². The molecule has 11 heteroatoms. The molecule has 2 aromatic carbocycles. The number of hydrogen-bond donors (Lipinski definition) is 2. The molecule has 5 rings (SSSR count). The first-order valence-electron chi connectivity index (χ1n) is 10.3. The molecule has 0 saturated heterocycles. The molecule has 0 atom stereocenters. The van der Waals surface area contributed by atoms with Gasteiger partial charge >= 0.3 is 5.76 Å². The summed E-state index contributed by atoms with van der Waals surface area (Å²) in [6.07, 6.45) is 1.39. The van der Waals surface area contributed by atoms with Gasteiger partial charge in [-0.1, -0.05) is 23.5 Å². The number of nitrogens with one attached hydrogen (secondary N) is 2. The fourth-order valence-corrected chi connectivity index (χ4v) is 6.78. The Morgan fingerprint density at radius 3 is 2.88 bits per heavy atom. The number of H-pyrrole nitrogens is 1. The topological polar surface area (TPSA) is 125 Å². The fraction of sp³-hybridized carbons (Fsp3) is 0.227. The molecule has 3 heterocycles. The number of thiazole rings is 1. The number of carbonyl (C=O) groups excluding carboxylic acids is 1. The number of benzene rings is 2. The van der Waals surface area contributed by atoms with Crippen molar-refractivity contribution in [3.63, 3.8) is 0 Å². The SMILES string of the molecule is CC(=O)Nc1nc(C)c(-c2ccc3c(c2)CCCN3S(=O)(=O)c2cccc3[nH]c(=O)oc23)s1. The Hall–Kier alpha value is -3.44. The predicted octanol–water partition coefficient (Wildman–Crippen LogP) is 3.65. The van der Waals surface area contributed by atoms with Crippen LogP contribution < -0.4 is 15.4 Å². The van der Waals surface area contributed by atoms with Crippen molar-refractivity contribution >= 4 is 49.2 Å². The molecule has 170 valence electrons. The first kappa shape index (κ1) is 21.4. The molecule has 1 aliphatic rings. The van der Waals surface area contributed by atoms with Crippen LogP contribution in [0.4, 0.5) is 10.8 Å². The second kappa shape index (κ2) is 7.85. The highest BCUT2D eigenvalue weighted by Crippen LogP contribution is 2.39. The highest BCUT2D eigenvalue weighted by Gasteiger charge is 2.32. The van der Waals surface area contributed by atoms with E-state index in [0.29, 0.717) is 29.3 Å². The van der Waals surface area contributed by atoms with Gasteiger partial charge in [-0.05, 0) is 55.2 Å². The standard InChI is InChI=1S/C22H20N4O5S2/c1-12-20(32-21(23-12)24-13(2)27)15-8-9-17-14(11-15)5-4-10-26(17)33(29,30)18-7-3-6-16-19(18)31-22(28)25-16/h3,6-9,11H,4-5,10H2,1-2H3,(H,25,28)(H,23,24,27). The smallest absolute Gasteiger partial charge is 0.406 e. The van der Waals surface area contributed by atoms with Crippen molar-refractivity contribution in [3.8, 4) is 10.4 Å². The van der Waals surface area contributed by atoms with Crippen molar-refractivity contribution in [3.05, 3.63) is 58.2 Å². The van der Waals surface area contributed by atoms with Crippen LogP contribution >= 0.6 is 11.3 Å². The third-order valence-corrected chi connectivity index (χ3v) is 8.43. The Bertz CT molecular complexity index is 1570. The van der Waals surface area contributed by atoms with Crippen molar-refractivity contribution in [1.82, 2.24) is 9.97 Å². The molecule has 2 N–H and O–H groups in total. The van der Waals surface area contributed by atoms with Crippen molar-refractivity contribution in [2.45, 2.75) is 31.6 Å². The third-order valence-electron chi connectivity index (χ3n) is 5.48. The summed E-state index contributed by atoms with van der Waals surface area (Å²) in [5, 5.41) is 3.23. The zero-order valence-electron chi connectivity index (χ0n) is 17.8. The zero-order valence-corrected chi connectivity index (χ0v) is 19.5. The number of fused-ring (bicyclic) bond motifs is 2. The van der Waals surface area contributed by atoms with Gasteiger partial charge in [0.25, 0.3) is 10.0 Å². The van der Waals surface area contributed by atoms with Crippen LogP contribution in [0.1, 0.15) is 24.6 Å². The van der Waals surface area contributed by atoms with Crippen molar-refractivity contribution in [2.24, 2.45) is 0 Å². The average molecular weight is 485 g/mol. The van der Waals surface area contributed by atoms with Gasteiger partial charge in [-0.25, -0.2) is 18.2 Å². The van der Waals surface area contributed by atoms with Gasteiger partial charge in [0.2, 0.25) is 5.91 Å². The van der Waals surface area contributed by atoms with Crippen molar-refractivity contribution in [2.75, 3.05) is 16.2 Å². The van der Waals surface area contributed by atoms with E-state index >= 15 is 0 Å². The quantitative estimate of drug-likeness (QED) is 0.455. The molecule has 1 aliphatic heterocycles. The summed E-state index contributed by atoms with van der Waals surface area (Å²) >= 11 is 1.38. The lowest BCUT2D eigenvalue weighted by Gasteiger charge is -2.30. The lowest BCUT2D eigenvalue weighted by atomic mass is 10.00. The number of hydrogen-bond acceptors (Lipinski definition) is 7. The summed E-state index contributed by atoms with van der Waals surface area (Å²) in [5.41, 5.74) is 3.57. The molecule has 4 aromatic rings. The number of nitrogens with zero attached hydrogens (tertiary/aromatic N) is 2. The molecule has 33 heavy (non-hydrogen) atoms. The van der Waals surface area contributed by atoms with E-state index in [1.807, 2.05) is 19.1 Å². The number of para-hydroxylation sites is 1. The van der Waals surface area contributed by atoms with Crippen LogP contribution in [0.15, 0.2) is 50.5 Å². The third kappa shape index (κ3) is 3.72. The van der Waals surface area contributed by atoms with E-state index < -0.39 is 15.8 Å². The average Bonchev–Trinajstić information content (AvgIpc) is 3.33. The molecule has 9 nitrogen and oxygen atoms in total. The van der Waals surface area contributed by atoms with Gasteiger partial charge in [0, 0.05) is 13.5 Å². The van der Waals surface area contributed by atoms with Gasteiger partial charge in [0.05, 0.1) is 21.8 Å². The number of aryl methyl sites for hydroxylation is 2. The van der Waals surface area contributed by atoms with Crippen LogP contribution in [0, 0.1) is 6.92 Å². The molecular weight excluding hydrogens is 464 g/mol. The van der Waals surface area contributed by atoms with E-state index in [9.17, 15) is 18.0 Å². The molecule has 0 radical (unpaired) electrons. The number of aromatic nitrogens is 2. The highest BCUT2D eigenvalue weighted by atomic mass is 32.2. The van der Waals surface area contributed by atoms with Gasteiger partial charge in [-0.3, -0.25) is 14.1 Å². The lowest BCUT2D eigenvalue weighted by Crippen LogP contribution is -2.35. The highest BCUT2D eigenvalue weighted by molar-refractivity contribution is 7.93. The Labute approximate surface area is 193 Å². The first-order valence-corrected chi connectivity index (χ1v) is 12.5. The van der Waals surface area contributed by atoms with Crippen LogP contribution in [0.25, 0.3) is 21.5 Å². The molecule has 2 aromatic heterocycles. The minimum Gasteiger partial charge on any atom is -0.406 e. The summed E-state index contributed by atoms with van der Waals surface area (Å²) in [7, 11) is -3.96. The Morgan fingerprint density at radius 2 is 2.09 bits per heavy atom. The minimum absolute atomic E-state index is 0.0250. The number of rotatable bonds is 4. The van der Waals surface area contributed by atoms with E-state index in [1.165, 1.54) is 28.6 Å². The normalized spacial score (nSPS) is 13.8. The molecule has 0 saturated carbocycles. The van der Waals surface area contributed by atoms with Gasteiger partial charge in [-0.15, -0.1) is 0 Å². The number of amides is 1. The van der Waals surface area contributed by atoms with Crippen LogP contribution in [0.2, 0.25) is 0 Å². The molecule has 0 bridgehead atoms. The van der Waals surface area contributed by atoms with Crippen molar-refractivity contribution < 1.29 is 17.6 Å². The Kier molecular flexibility index (Phi) is 5.09. The molecule has 0 fully saturated rings. The first-order chi connectivity index (χ1) is 15.7. The number of aromatic amines is 1. The van der Waals surface area contributed by atoms with Crippen LogP contribution in [0.3, 0.4) is 0 Å². The van der Waals surface area contributed by atoms with Crippen LogP contribution in [0.5, 0.6) is 0 Å². The van der Waals surface area contributed by atoms with Gasteiger partial charge < -0.3 is 9.73 Å². The summed E-state index contributed by atoms with van der Waals surface area (Å²) in [6, 6.07) is 10.3. The fourth-order valence-electron chi connectivity index (χ4n) is 4.09. The molecular formula is C22H20N4O5S2. The lowest BCUT2D eigenvalue weighted by molar-refractivity contribution is -0.114. The van der Waals surface area contributed by atoms with Gasteiger partial charge in [-0.2, -0.15) is 0 Å². The second-order valence-electron chi connectivity index (χ2n) is 7.79. The summed E-state index contributed by atoms with van der Waals surface area (Å²) in [6.45, 7) is 3.63. The second-order valence-corrected chi connectivity index (χ2v) is 10.6. The summed E-state index contributed by atoms with van der Waals surface area (Å²) < 4.78 is 33.7.